The maximum Gasteiger partial charge on any atom is 0.131 e. The molecule has 1 aliphatic carbocycles. The number of hydrogen-bond donors (Lipinski definition) is 1. The normalized spacial score (nSPS) is 29.1. The zero-order valence-corrected chi connectivity index (χ0v) is 17.4. The average molecular weight is 431 g/mol. The van der Waals surface area contributed by atoms with Crippen molar-refractivity contribution in [2.24, 2.45) is 11.8 Å². The third-order valence-electron chi connectivity index (χ3n) is 7.02. The number of nitriles is 1. The number of fused-ring (bicyclic) bond motifs is 1. The lowest BCUT2D eigenvalue weighted by atomic mass is 9.95. The predicted octanol–water partition coefficient (Wildman–Crippen LogP) is 2.08. The number of nitrogens with zero attached hydrogens (tertiary/aromatic N) is 6. The number of benzene rings is 1. The lowest BCUT2D eigenvalue weighted by Crippen LogP contribution is -2.24. The van der Waals surface area contributed by atoms with Gasteiger partial charge in [0.05, 0.1) is 30.7 Å². The van der Waals surface area contributed by atoms with Crippen LogP contribution in [0, 0.1) is 29.0 Å². The highest BCUT2D eigenvalue weighted by atomic mass is 19.1. The monoisotopic (exact) mass is 431 g/mol. The molecule has 8 nitrogen and oxygen atoms in total. The topological polar surface area (TPSA) is 91.9 Å². The molecule has 2 saturated heterocycles. The van der Waals surface area contributed by atoms with E-state index in [1.165, 1.54) is 0 Å². The van der Waals surface area contributed by atoms with Gasteiger partial charge in [-0.25, -0.2) is 9.07 Å². The number of pyridine rings is 1. The van der Waals surface area contributed by atoms with Gasteiger partial charge in [-0.2, -0.15) is 5.26 Å². The summed E-state index contributed by atoms with van der Waals surface area (Å²) in [5.74, 6) is 0.354. The van der Waals surface area contributed by atoms with Crippen molar-refractivity contribution in [3.8, 4) is 17.2 Å². The Kier molecular flexibility index (Phi) is 4.54. The zero-order chi connectivity index (χ0) is 21.7. The van der Waals surface area contributed by atoms with E-state index in [0.29, 0.717) is 42.9 Å². The fourth-order valence-corrected chi connectivity index (χ4v) is 5.25. The van der Waals surface area contributed by atoms with Crippen molar-refractivity contribution in [1.82, 2.24) is 30.2 Å². The van der Waals surface area contributed by atoms with E-state index in [-0.39, 0.29) is 11.9 Å². The quantitative estimate of drug-likeness (QED) is 0.661. The van der Waals surface area contributed by atoms with Crippen molar-refractivity contribution >= 4 is 0 Å². The first-order chi connectivity index (χ1) is 15.7. The van der Waals surface area contributed by atoms with Crippen molar-refractivity contribution in [2.45, 2.75) is 18.2 Å². The Morgan fingerprint density at radius 2 is 2.12 bits per heavy atom. The van der Waals surface area contributed by atoms with E-state index >= 15 is 4.39 Å². The average Bonchev–Trinajstić information content (AvgIpc) is 3.39. The lowest BCUT2D eigenvalue weighted by Gasteiger charge is -2.15. The fraction of sp³-hybridized carbons (Fsp3) is 0.391. The molecular weight excluding hydrogens is 409 g/mol. The summed E-state index contributed by atoms with van der Waals surface area (Å²) in [6.45, 7) is 3.41. The molecule has 32 heavy (non-hydrogen) atoms. The Bertz CT molecular complexity index is 1160. The Morgan fingerprint density at radius 1 is 1.25 bits per heavy atom. The summed E-state index contributed by atoms with van der Waals surface area (Å²) >= 11 is 0. The van der Waals surface area contributed by atoms with Gasteiger partial charge in [-0.05, 0) is 17.7 Å². The number of rotatable bonds is 5. The summed E-state index contributed by atoms with van der Waals surface area (Å²) in [7, 11) is 0. The van der Waals surface area contributed by atoms with Crippen LogP contribution in [0.15, 0.2) is 48.9 Å². The number of aromatic nitrogens is 4. The number of hydrogen-bond acceptors (Lipinski definition) is 7. The molecule has 1 aromatic carbocycles. The molecule has 3 fully saturated rings. The summed E-state index contributed by atoms with van der Waals surface area (Å²) in [5, 5.41) is 20.9. The van der Waals surface area contributed by atoms with Gasteiger partial charge in [0.1, 0.15) is 18.0 Å². The van der Waals surface area contributed by atoms with Gasteiger partial charge in [-0.1, -0.05) is 23.4 Å². The van der Waals surface area contributed by atoms with E-state index in [9.17, 15) is 5.26 Å². The van der Waals surface area contributed by atoms with Crippen LogP contribution in [0.4, 0.5) is 4.39 Å². The highest BCUT2D eigenvalue weighted by molar-refractivity contribution is 5.64. The molecule has 3 atom stereocenters. The van der Waals surface area contributed by atoms with Gasteiger partial charge in [0, 0.05) is 55.0 Å². The molecule has 4 heterocycles. The van der Waals surface area contributed by atoms with Gasteiger partial charge < -0.3 is 10.1 Å². The van der Waals surface area contributed by atoms with E-state index in [0.717, 1.165) is 24.3 Å². The highest BCUT2D eigenvalue weighted by Gasteiger charge is 2.69. The number of piperidine rings is 1. The van der Waals surface area contributed by atoms with Crippen molar-refractivity contribution in [2.75, 3.05) is 26.4 Å². The Hall–Kier alpha value is -3.19. The summed E-state index contributed by atoms with van der Waals surface area (Å²) in [4.78, 5) is 6.65. The molecule has 3 aromatic rings. The van der Waals surface area contributed by atoms with E-state index in [2.05, 4.69) is 31.6 Å². The van der Waals surface area contributed by atoms with E-state index in [4.69, 9.17) is 4.74 Å². The molecule has 6 rings (SSSR count). The van der Waals surface area contributed by atoms with Crippen LogP contribution in [0.3, 0.4) is 0 Å². The van der Waals surface area contributed by atoms with Gasteiger partial charge in [-0.15, -0.1) is 5.10 Å². The van der Waals surface area contributed by atoms with Crippen LogP contribution in [0.25, 0.3) is 11.1 Å². The standard InChI is InChI=1S/C23H22FN7O/c24-20-7-15(21-11-30(14-32-21)13-31-6-5-28-29-31)1-3-17(20)16-2-4-22(27-8-16)23(12-25)18-9-26-10-19(18)23/h1-8,18-19,21,26H,9-11,13-14H2/t18?,19?,21-,23?/m0/s1. The molecule has 2 aromatic heterocycles. The second-order valence-electron chi connectivity index (χ2n) is 8.75. The van der Waals surface area contributed by atoms with Gasteiger partial charge >= 0.3 is 0 Å². The Morgan fingerprint density at radius 3 is 2.81 bits per heavy atom. The molecule has 9 heteroatoms. The Balaban J connectivity index is 1.17. The van der Waals surface area contributed by atoms with Crippen molar-refractivity contribution in [3.63, 3.8) is 0 Å². The summed E-state index contributed by atoms with van der Waals surface area (Å²) in [5.41, 5.74) is 2.32. The molecule has 0 amide bonds. The maximum absolute atomic E-state index is 15.0. The largest absolute Gasteiger partial charge is 0.357 e. The van der Waals surface area contributed by atoms with Crippen LogP contribution in [-0.2, 0) is 16.8 Å². The first-order valence-electron chi connectivity index (χ1n) is 10.8. The van der Waals surface area contributed by atoms with E-state index < -0.39 is 5.41 Å². The SMILES string of the molecule is N#CC1(c2ccc(-c3ccc([C@@H]4CN(Cn5ccnn5)CO4)cc3F)cn2)C2CNCC21. The molecule has 2 unspecified atom stereocenters. The summed E-state index contributed by atoms with van der Waals surface area (Å²) in [6.07, 6.45) is 4.92. The molecular formula is C23H22FN7O. The molecule has 1 N–H and O–H groups in total. The predicted molar refractivity (Wildman–Crippen MR) is 112 cm³/mol. The highest BCUT2D eigenvalue weighted by Crippen LogP contribution is 2.60. The van der Waals surface area contributed by atoms with Crippen molar-refractivity contribution < 1.29 is 9.13 Å². The zero-order valence-electron chi connectivity index (χ0n) is 17.4. The smallest absolute Gasteiger partial charge is 0.131 e. The fourth-order valence-electron chi connectivity index (χ4n) is 5.25. The molecule has 0 radical (unpaired) electrons. The summed E-state index contributed by atoms with van der Waals surface area (Å²) < 4.78 is 22.6. The van der Waals surface area contributed by atoms with Crippen LogP contribution in [-0.4, -0.2) is 51.2 Å². The maximum atomic E-state index is 15.0. The minimum Gasteiger partial charge on any atom is -0.357 e. The minimum atomic E-state index is -0.482. The number of halogens is 1. The van der Waals surface area contributed by atoms with Crippen LogP contribution in [0.1, 0.15) is 17.4 Å². The minimum absolute atomic E-state index is 0.194. The Labute approximate surface area is 184 Å². The van der Waals surface area contributed by atoms with Crippen LogP contribution in [0.2, 0.25) is 0 Å². The van der Waals surface area contributed by atoms with Crippen molar-refractivity contribution in [1.29, 1.82) is 5.26 Å². The lowest BCUT2D eigenvalue weighted by molar-refractivity contribution is 0.0797. The molecule has 0 bridgehead atoms. The van der Waals surface area contributed by atoms with E-state index in [1.54, 1.807) is 35.4 Å². The van der Waals surface area contributed by atoms with Gasteiger partial charge in [0.25, 0.3) is 0 Å². The molecule has 162 valence electrons. The number of nitrogens with one attached hydrogen (secondary N) is 1. The molecule has 3 aliphatic rings. The van der Waals surface area contributed by atoms with Gasteiger partial charge in [-0.3, -0.25) is 9.88 Å². The van der Waals surface area contributed by atoms with Crippen LogP contribution < -0.4 is 5.32 Å². The second kappa shape index (κ2) is 7.45. The molecule has 2 aliphatic heterocycles. The first kappa shape index (κ1) is 19.5. The molecule has 0 spiro atoms. The molecule has 1 saturated carbocycles. The third kappa shape index (κ3) is 3.03. The second-order valence-corrected chi connectivity index (χ2v) is 8.75. The summed E-state index contributed by atoms with van der Waals surface area (Å²) in [6, 6.07) is 11.5. The number of ether oxygens (including phenoxy) is 1. The van der Waals surface area contributed by atoms with E-state index in [1.807, 2.05) is 18.2 Å². The van der Waals surface area contributed by atoms with Crippen molar-refractivity contribution in [3.05, 3.63) is 66.0 Å². The first-order valence-corrected chi connectivity index (χ1v) is 10.8. The van der Waals surface area contributed by atoms with Gasteiger partial charge in [0.15, 0.2) is 0 Å². The van der Waals surface area contributed by atoms with Gasteiger partial charge in [0.2, 0.25) is 0 Å². The van der Waals surface area contributed by atoms with Crippen LogP contribution >= 0.6 is 0 Å². The van der Waals surface area contributed by atoms with Crippen LogP contribution in [0.5, 0.6) is 0 Å². The third-order valence-corrected chi connectivity index (χ3v) is 7.02.